The SMILES string of the molecule is COc1cc2c(cc1Cl)C(Nc1ccc(F)c3nc(C)ncc13)C(O)(C(F)(F)F)CC2(C)C. The Morgan fingerprint density at radius 3 is 2.58 bits per heavy atom. The smallest absolute Gasteiger partial charge is 0.419 e. The summed E-state index contributed by atoms with van der Waals surface area (Å²) in [6.07, 6.45) is -4.26. The topological polar surface area (TPSA) is 67.3 Å². The van der Waals surface area contributed by atoms with E-state index in [1.54, 1.807) is 26.8 Å². The molecule has 176 valence electrons. The van der Waals surface area contributed by atoms with E-state index in [0.717, 1.165) is 6.07 Å². The van der Waals surface area contributed by atoms with Crippen LogP contribution in [-0.4, -0.2) is 34.0 Å². The Bertz CT molecular complexity index is 1250. The maximum atomic E-state index is 14.4. The first-order valence-electron chi connectivity index (χ1n) is 10.1. The number of hydrogen-bond acceptors (Lipinski definition) is 5. The van der Waals surface area contributed by atoms with Gasteiger partial charge in [0.1, 0.15) is 22.9 Å². The zero-order chi connectivity index (χ0) is 24.3. The van der Waals surface area contributed by atoms with Crippen molar-refractivity contribution in [3.63, 3.8) is 0 Å². The van der Waals surface area contributed by atoms with Gasteiger partial charge in [0.15, 0.2) is 5.60 Å². The lowest BCUT2D eigenvalue weighted by atomic mass is 9.63. The molecule has 2 aromatic carbocycles. The molecule has 2 atom stereocenters. The van der Waals surface area contributed by atoms with E-state index in [2.05, 4.69) is 15.3 Å². The van der Waals surface area contributed by atoms with E-state index in [1.165, 1.54) is 25.4 Å². The molecule has 0 saturated heterocycles. The van der Waals surface area contributed by atoms with E-state index in [0.29, 0.717) is 17.1 Å². The van der Waals surface area contributed by atoms with Crippen molar-refractivity contribution in [2.45, 2.75) is 50.4 Å². The minimum absolute atomic E-state index is 0.0350. The van der Waals surface area contributed by atoms with Gasteiger partial charge in [-0.1, -0.05) is 25.4 Å². The van der Waals surface area contributed by atoms with Crippen LogP contribution in [0.5, 0.6) is 5.75 Å². The number of rotatable bonds is 3. The fraction of sp³-hybridized carbons (Fsp3) is 0.391. The van der Waals surface area contributed by atoms with Crippen LogP contribution in [0.1, 0.15) is 43.3 Å². The molecular weight excluding hydrogens is 462 g/mol. The third kappa shape index (κ3) is 3.77. The molecule has 10 heteroatoms. The highest BCUT2D eigenvalue weighted by Crippen LogP contribution is 2.55. The molecule has 4 rings (SSSR count). The van der Waals surface area contributed by atoms with Gasteiger partial charge in [0, 0.05) is 17.3 Å². The van der Waals surface area contributed by atoms with Gasteiger partial charge in [-0.3, -0.25) is 0 Å². The number of methoxy groups -OCH3 is 1. The Labute approximate surface area is 192 Å². The molecule has 0 saturated carbocycles. The van der Waals surface area contributed by atoms with E-state index in [4.69, 9.17) is 16.3 Å². The van der Waals surface area contributed by atoms with Crippen LogP contribution in [-0.2, 0) is 5.41 Å². The maximum Gasteiger partial charge on any atom is 0.419 e. The summed E-state index contributed by atoms with van der Waals surface area (Å²) in [5.41, 5.74) is -3.37. The standard InChI is InChI=1S/C23H22ClF4N3O2/c1-11-29-9-13-17(6-5-16(25)19(13)30-11)31-20-12-7-15(24)18(33-4)8-14(12)21(2,3)10-22(20,32)23(26,27)28/h5-9,20,31-32H,10H2,1-4H3. The number of nitrogens with zero attached hydrogens (tertiary/aromatic N) is 2. The van der Waals surface area contributed by atoms with Crippen molar-refractivity contribution < 1.29 is 27.4 Å². The van der Waals surface area contributed by atoms with Gasteiger partial charge >= 0.3 is 6.18 Å². The van der Waals surface area contributed by atoms with Crippen LogP contribution in [0, 0.1) is 12.7 Å². The number of benzene rings is 2. The van der Waals surface area contributed by atoms with Crippen LogP contribution in [0.2, 0.25) is 5.02 Å². The maximum absolute atomic E-state index is 14.4. The first-order valence-corrected chi connectivity index (χ1v) is 10.5. The quantitative estimate of drug-likeness (QED) is 0.456. The summed E-state index contributed by atoms with van der Waals surface area (Å²) in [6, 6.07) is 3.74. The Hall–Kier alpha value is -2.65. The van der Waals surface area contributed by atoms with Crippen LogP contribution in [0.3, 0.4) is 0 Å². The van der Waals surface area contributed by atoms with Crippen LogP contribution in [0.4, 0.5) is 23.2 Å². The molecule has 0 bridgehead atoms. The third-order valence-electron chi connectivity index (χ3n) is 6.17. The monoisotopic (exact) mass is 483 g/mol. The summed E-state index contributed by atoms with van der Waals surface area (Å²) in [5, 5.41) is 14.2. The molecule has 1 aliphatic carbocycles. The lowest BCUT2D eigenvalue weighted by Gasteiger charge is -2.49. The highest BCUT2D eigenvalue weighted by molar-refractivity contribution is 6.32. The van der Waals surface area contributed by atoms with Crippen LogP contribution >= 0.6 is 11.6 Å². The van der Waals surface area contributed by atoms with E-state index in [1.807, 2.05) is 0 Å². The summed E-state index contributed by atoms with van der Waals surface area (Å²) >= 11 is 6.28. The first kappa shape index (κ1) is 23.5. The van der Waals surface area contributed by atoms with Gasteiger partial charge < -0.3 is 15.2 Å². The Morgan fingerprint density at radius 1 is 1.24 bits per heavy atom. The van der Waals surface area contributed by atoms with Gasteiger partial charge in [0.25, 0.3) is 0 Å². The molecular formula is C23H22ClF4N3O2. The normalized spacial score (nSPS) is 22.2. The number of fused-ring (bicyclic) bond motifs is 2. The van der Waals surface area contributed by atoms with Crippen LogP contribution in [0.15, 0.2) is 30.5 Å². The van der Waals surface area contributed by atoms with Crippen molar-refractivity contribution in [2.75, 3.05) is 12.4 Å². The fourth-order valence-electron chi connectivity index (χ4n) is 4.60. The molecule has 2 unspecified atom stereocenters. The van der Waals surface area contributed by atoms with Crippen molar-refractivity contribution in [3.8, 4) is 5.75 Å². The number of nitrogens with one attached hydrogen (secondary N) is 1. The van der Waals surface area contributed by atoms with Crippen molar-refractivity contribution in [2.24, 2.45) is 0 Å². The molecule has 0 fully saturated rings. The molecule has 0 aliphatic heterocycles. The second-order valence-electron chi connectivity index (χ2n) is 8.91. The van der Waals surface area contributed by atoms with Crippen molar-refractivity contribution in [1.82, 2.24) is 9.97 Å². The molecule has 5 nitrogen and oxygen atoms in total. The second kappa shape index (κ2) is 7.70. The molecule has 0 radical (unpaired) electrons. The van der Waals surface area contributed by atoms with Crippen LogP contribution in [0.25, 0.3) is 10.9 Å². The van der Waals surface area contributed by atoms with E-state index in [-0.39, 0.29) is 27.2 Å². The molecule has 1 aliphatic rings. The van der Waals surface area contributed by atoms with E-state index >= 15 is 0 Å². The zero-order valence-electron chi connectivity index (χ0n) is 18.3. The number of ether oxygens (including phenoxy) is 1. The minimum Gasteiger partial charge on any atom is -0.495 e. The summed E-state index contributed by atoms with van der Waals surface area (Å²) in [6.45, 7) is 4.82. The summed E-state index contributed by atoms with van der Waals surface area (Å²) in [5.74, 6) is -0.00475. The lowest BCUT2D eigenvalue weighted by Crippen LogP contribution is -2.58. The fourth-order valence-corrected chi connectivity index (χ4v) is 4.84. The summed E-state index contributed by atoms with van der Waals surface area (Å²) in [4.78, 5) is 8.12. The van der Waals surface area contributed by atoms with E-state index < -0.39 is 35.5 Å². The highest BCUT2D eigenvalue weighted by atomic mass is 35.5. The van der Waals surface area contributed by atoms with Gasteiger partial charge in [-0.25, -0.2) is 14.4 Å². The molecule has 1 heterocycles. The average Bonchev–Trinajstić information content (AvgIpc) is 2.71. The Kier molecular flexibility index (Phi) is 5.48. The molecule has 0 spiro atoms. The Balaban J connectivity index is 1.96. The number of alkyl halides is 3. The molecule has 2 N–H and O–H groups in total. The summed E-state index contributed by atoms with van der Waals surface area (Å²) in [7, 11) is 1.41. The average molecular weight is 484 g/mol. The molecule has 0 amide bonds. The highest BCUT2D eigenvalue weighted by Gasteiger charge is 2.64. The first-order chi connectivity index (χ1) is 15.3. The largest absolute Gasteiger partial charge is 0.495 e. The number of aryl methyl sites for hydroxylation is 1. The van der Waals surface area contributed by atoms with Crippen molar-refractivity contribution >= 4 is 28.2 Å². The number of anilines is 1. The predicted octanol–water partition coefficient (Wildman–Crippen LogP) is 5.87. The van der Waals surface area contributed by atoms with Gasteiger partial charge in [-0.15, -0.1) is 0 Å². The van der Waals surface area contributed by atoms with Crippen molar-refractivity contribution in [1.29, 1.82) is 0 Å². The van der Waals surface area contributed by atoms with Crippen molar-refractivity contribution in [3.05, 3.63) is 58.3 Å². The number of halogens is 5. The zero-order valence-corrected chi connectivity index (χ0v) is 19.1. The number of aromatic nitrogens is 2. The van der Waals surface area contributed by atoms with E-state index in [9.17, 15) is 22.7 Å². The summed E-state index contributed by atoms with van der Waals surface area (Å²) < 4.78 is 62.7. The lowest BCUT2D eigenvalue weighted by molar-refractivity contribution is -0.275. The predicted molar refractivity (Wildman–Crippen MR) is 117 cm³/mol. The third-order valence-corrected chi connectivity index (χ3v) is 6.46. The number of aliphatic hydroxyl groups is 1. The molecule has 33 heavy (non-hydrogen) atoms. The molecule has 1 aromatic heterocycles. The van der Waals surface area contributed by atoms with Gasteiger partial charge in [0.05, 0.1) is 18.2 Å². The molecule has 3 aromatic rings. The van der Waals surface area contributed by atoms with Gasteiger partial charge in [-0.05, 0) is 54.2 Å². The second-order valence-corrected chi connectivity index (χ2v) is 9.32. The minimum atomic E-state index is -4.98. The van der Waals surface area contributed by atoms with Gasteiger partial charge in [-0.2, -0.15) is 13.2 Å². The number of hydrogen-bond donors (Lipinski definition) is 2. The Morgan fingerprint density at radius 2 is 1.94 bits per heavy atom. The van der Waals surface area contributed by atoms with Gasteiger partial charge in [0.2, 0.25) is 0 Å². The van der Waals surface area contributed by atoms with Crippen LogP contribution < -0.4 is 10.1 Å².